The van der Waals surface area contributed by atoms with Crippen LogP contribution in [-0.4, -0.2) is 26.4 Å². The van der Waals surface area contributed by atoms with E-state index >= 15 is 0 Å². The molecule has 3 unspecified atom stereocenters. The molecule has 2 heterocycles. The van der Waals surface area contributed by atoms with Gasteiger partial charge in [0.25, 0.3) is 0 Å². The van der Waals surface area contributed by atoms with Crippen LogP contribution in [0.5, 0.6) is 0 Å². The highest BCUT2D eigenvalue weighted by Crippen LogP contribution is 2.64. The van der Waals surface area contributed by atoms with Gasteiger partial charge in [0.1, 0.15) is 0 Å². The van der Waals surface area contributed by atoms with Crippen LogP contribution in [0.15, 0.2) is 60.7 Å². The summed E-state index contributed by atoms with van der Waals surface area (Å²) in [7, 11) is 0. The minimum Gasteiger partial charge on any atom is -0.346 e. The van der Waals surface area contributed by atoms with Crippen LogP contribution >= 0.6 is 0 Å². The van der Waals surface area contributed by atoms with Crippen LogP contribution in [0, 0.1) is 10.8 Å². The average molecular weight is 397 g/mol. The zero-order chi connectivity index (χ0) is 20.6. The first-order valence-electron chi connectivity index (χ1n) is 10.6. The summed E-state index contributed by atoms with van der Waals surface area (Å²) in [5, 5.41) is 0. The molecule has 2 bridgehead atoms. The Morgan fingerprint density at radius 2 is 1.07 bits per heavy atom. The fourth-order valence-corrected chi connectivity index (χ4v) is 5.44. The van der Waals surface area contributed by atoms with Gasteiger partial charge in [0.15, 0.2) is 0 Å². The largest absolute Gasteiger partial charge is 0.346 e. The Morgan fingerprint density at radius 3 is 1.41 bits per heavy atom. The standard InChI is InChI=1S/C25H32O4/c1-5-26-24(20-13-9-7-10-14-20)22(3)17-23(4,19-28-24)25(27-6-2,29-18-22)21-15-11-8-12-16-21/h7-16H,5-6,17-19H2,1-4H3/t22-,23?,24?,25?/m1/s1. The van der Waals surface area contributed by atoms with E-state index in [-0.39, 0.29) is 10.8 Å². The van der Waals surface area contributed by atoms with E-state index in [9.17, 15) is 0 Å². The molecule has 2 aromatic carbocycles. The first kappa shape index (κ1) is 20.5. The maximum absolute atomic E-state index is 6.71. The smallest absolute Gasteiger partial charge is 0.202 e. The van der Waals surface area contributed by atoms with E-state index in [4.69, 9.17) is 18.9 Å². The van der Waals surface area contributed by atoms with Crippen LogP contribution in [0.1, 0.15) is 45.2 Å². The van der Waals surface area contributed by atoms with Crippen molar-refractivity contribution >= 4 is 0 Å². The third-order valence-electron chi connectivity index (χ3n) is 6.56. The Kier molecular flexibility index (Phi) is 5.32. The van der Waals surface area contributed by atoms with Gasteiger partial charge in [-0.25, -0.2) is 0 Å². The molecule has 2 aromatic rings. The lowest BCUT2D eigenvalue weighted by atomic mass is 9.59. The predicted octanol–water partition coefficient (Wildman–Crippen LogP) is 5.23. The molecular formula is C25H32O4. The van der Waals surface area contributed by atoms with Crippen LogP contribution in [0.4, 0.5) is 0 Å². The fourth-order valence-electron chi connectivity index (χ4n) is 5.44. The van der Waals surface area contributed by atoms with Crippen molar-refractivity contribution in [2.75, 3.05) is 26.4 Å². The normalized spacial score (nSPS) is 36.7. The van der Waals surface area contributed by atoms with E-state index in [2.05, 4.69) is 38.1 Å². The van der Waals surface area contributed by atoms with Gasteiger partial charge in [-0.2, -0.15) is 0 Å². The summed E-state index contributed by atoms with van der Waals surface area (Å²) >= 11 is 0. The zero-order valence-corrected chi connectivity index (χ0v) is 17.9. The highest BCUT2D eigenvalue weighted by molar-refractivity contribution is 5.29. The molecule has 2 fully saturated rings. The average Bonchev–Trinajstić information content (AvgIpc) is 2.74. The van der Waals surface area contributed by atoms with Crippen LogP contribution in [0.3, 0.4) is 0 Å². The molecule has 4 heteroatoms. The van der Waals surface area contributed by atoms with Crippen molar-refractivity contribution in [2.45, 2.75) is 45.7 Å². The Hall–Kier alpha value is -1.72. The summed E-state index contributed by atoms with van der Waals surface area (Å²) in [6, 6.07) is 20.5. The number of fused-ring (bicyclic) bond motifs is 2. The van der Waals surface area contributed by atoms with Gasteiger partial charge in [-0.1, -0.05) is 74.5 Å². The quantitative estimate of drug-likeness (QED) is 0.670. The molecule has 2 saturated heterocycles. The summed E-state index contributed by atoms with van der Waals surface area (Å²) in [5.41, 5.74) is 1.37. The van der Waals surface area contributed by atoms with Crippen molar-refractivity contribution < 1.29 is 18.9 Å². The molecule has 4 atom stereocenters. The van der Waals surface area contributed by atoms with Crippen molar-refractivity contribution in [3.05, 3.63) is 71.8 Å². The van der Waals surface area contributed by atoms with E-state index in [1.54, 1.807) is 0 Å². The van der Waals surface area contributed by atoms with E-state index < -0.39 is 11.6 Å². The lowest BCUT2D eigenvalue weighted by molar-refractivity contribution is -0.444. The van der Waals surface area contributed by atoms with Gasteiger partial charge in [-0.15, -0.1) is 0 Å². The zero-order valence-electron chi connectivity index (χ0n) is 17.9. The van der Waals surface area contributed by atoms with Crippen LogP contribution in [0.25, 0.3) is 0 Å². The summed E-state index contributed by atoms with van der Waals surface area (Å²) in [6.07, 6.45) is 0.865. The molecule has 2 aliphatic rings. The molecule has 0 N–H and O–H groups in total. The second-order valence-corrected chi connectivity index (χ2v) is 8.71. The van der Waals surface area contributed by atoms with Crippen molar-refractivity contribution in [3.8, 4) is 0 Å². The number of rotatable bonds is 6. The van der Waals surface area contributed by atoms with Crippen LogP contribution in [-0.2, 0) is 30.5 Å². The highest BCUT2D eigenvalue weighted by atomic mass is 16.7. The molecule has 0 spiro atoms. The Bertz CT molecular complexity index is 756. The molecule has 0 aliphatic carbocycles. The first-order chi connectivity index (χ1) is 14.0. The molecule has 4 rings (SSSR count). The Balaban J connectivity index is 1.80. The maximum Gasteiger partial charge on any atom is 0.202 e. The van der Waals surface area contributed by atoms with E-state index in [0.29, 0.717) is 26.4 Å². The molecule has 4 nitrogen and oxygen atoms in total. The summed E-state index contributed by atoms with van der Waals surface area (Å²) in [6.45, 7) is 10.6. The van der Waals surface area contributed by atoms with Crippen molar-refractivity contribution in [1.82, 2.24) is 0 Å². The monoisotopic (exact) mass is 396 g/mol. The topological polar surface area (TPSA) is 36.9 Å². The number of benzene rings is 2. The molecule has 0 radical (unpaired) electrons. The Morgan fingerprint density at radius 1 is 0.690 bits per heavy atom. The molecule has 0 aromatic heterocycles. The molecule has 0 saturated carbocycles. The number of hydrogen-bond donors (Lipinski definition) is 0. The van der Waals surface area contributed by atoms with Gasteiger partial charge in [-0.05, 0) is 20.3 Å². The molecule has 2 aliphatic heterocycles. The summed E-state index contributed by atoms with van der Waals surface area (Å²) in [5.74, 6) is -1.67. The van der Waals surface area contributed by atoms with Crippen LogP contribution in [0.2, 0.25) is 0 Å². The number of hydrogen-bond acceptors (Lipinski definition) is 4. The number of ether oxygens (including phenoxy) is 4. The van der Waals surface area contributed by atoms with Crippen molar-refractivity contribution in [3.63, 3.8) is 0 Å². The van der Waals surface area contributed by atoms with Crippen molar-refractivity contribution in [2.24, 2.45) is 10.8 Å². The van der Waals surface area contributed by atoms with Crippen LogP contribution < -0.4 is 0 Å². The summed E-state index contributed by atoms with van der Waals surface area (Å²) in [4.78, 5) is 0. The predicted molar refractivity (Wildman–Crippen MR) is 112 cm³/mol. The Labute approximate surface area is 174 Å². The minimum absolute atomic E-state index is 0.354. The first-order valence-corrected chi connectivity index (χ1v) is 10.6. The lowest BCUT2D eigenvalue weighted by Crippen LogP contribution is -2.68. The highest BCUT2D eigenvalue weighted by Gasteiger charge is 2.68. The molecule has 29 heavy (non-hydrogen) atoms. The van der Waals surface area contributed by atoms with Gasteiger partial charge in [-0.3, -0.25) is 0 Å². The minimum atomic E-state index is -0.836. The molecule has 0 amide bonds. The second kappa shape index (κ2) is 7.51. The van der Waals surface area contributed by atoms with Gasteiger partial charge >= 0.3 is 0 Å². The third kappa shape index (κ3) is 2.97. The fraction of sp³-hybridized carbons (Fsp3) is 0.520. The van der Waals surface area contributed by atoms with Gasteiger partial charge in [0, 0.05) is 24.3 Å². The van der Waals surface area contributed by atoms with Crippen molar-refractivity contribution in [1.29, 1.82) is 0 Å². The van der Waals surface area contributed by atoms with E-state index in [1.165, 1.54) is 0 Å². The second-order valence-electron chi connectivity index (χ2n) is 8.71. The lowest BCUT2D eigenvalue weighted by Gasteiger charge is -2.64. The summed E-state index contributed by atoms with van der Waals surface area (Å²) < 4.78 is 26.2. The molecule has 156 valence electrons. The molecular weight excluding hydrogens is 364 g/mol. The van der Waals surface area contributed by atoms with Gasteiger partial charge in [0.2, 0.25) is 11.6 Å². The van der Waals surface area contributed by atoms with E-state index in [1.807, 2.05) is 50.2 Å². The maximum atomic E-state index is 6.71. The van der Waals surface area contributed by atoms with E-state index in [0.717, 1.165) is 17.5 Å². The van der Waals surface area contributed by atoms with Gasteiger partial charge < -0.3 is 18.9 Å². The third-order valence-corrected chi connectivity index (χ3v) is 6.56. The SMILES string of the molecule is CCOC1(c2ccccc2)OC[C@@]2(C)CC1(C)COC2(OCC)c1ccccc1. The van der Waals surface area contributed by atoms with Gasteiger partial charge in [0.05, 0.1) is 24.0 Å².